The van der Waals surface area contributed by atoms with Gasteiger partial charge in [-0.05, 0) is 31.5 Å². The van der Waals surface area contributed by atoms with E-state index in [4.69, 9.17) is 15.2 Å². The third-order valence-electron chi connectivity index (χ3n) is 2.08. The molecule has 1 aromatic carbocycles. The molecule has 0 aliphatic carbocycles. The molecule has 0 bridgehead atoms. The highest BCUT2D eigenvalue weighted by atomic mass is 79.9. The lowest BCUT2D eigenvalue weighted by Gasteiger charge is -2.13. The fourth-order valence-corrected chi connectivity index (χ4v) is 1.90. The van der Waals surface area contributed by atoms with Gasteiger partial charge < -0.3 is 15.2 Å². The van der Waals surface area contributed by atoms with Gasteiger partial charge in [0, 0.05) is 4.47 Å². The summed E-state index contributed by atoms with van der Waals surface area (Å²) < 4.78 is 11.7. The zero-order valence-corrected chi connectivity index (χ0v) is 11.5. The summed E-state index contributed by atoms with van der Waals surface area (Å²) in [6, 6.07) is 3.58. The largest absolute Gasteiger partial charge is 0.490 e. The van der Waals surface area contributed by atoms with E-state index in [1.54, 1.807) is 12.1 Å². The lowest BCUT2D eigenvalue weighted by atomic mass is 10.1. The Balaban J connectivity index is 3.09. The number of hydrogen-bond donors (Lipinski definition) is 1. The van der Waals surface area contributed by atoms with E-state index >= 15 is 0 Å². The molecular weight excluding hydrogens is 286 g/mol. The number of carbonyl (C=O) groups is 1. The summed E-state index contributed by atoms with van der Waals surface area (Å²) in [4.78, 5) is 10.9. The fraction of sp³-hybridized carbons (Fsp3) is 0.417. The van der Waals surface area contributed by atoms with Gasteiger partial charge in [-0.25, -0.2) is 0 Å². The van der Waals surface area contributed by atoms with Gasteiger partial charge in [-0.2, -0.15) is 0 Å². The summed E-state index contributed by atoms with van der Waals surface area (Å²) in [5.41, 5.74) is 5.98. The van der Waals surface area contributed by atoms with E-state index < -0.39 is 0 Å². The van der Waals surface area contributed by atoms with Crippen molar-refractivity contribution in [3.8, 4) is 11.5 Å². The molecule has 0 saturated carbocycles. The van der Waals surface area contributed by atoms with E-state index in [9.17, 15) is 4.79 Å². The summed E-state index contributed by atoms with van der Waals surface area (Å²) >= 11 is 3.39. The summed E-state index contributed by atoms with van der Waals surface area (Å²) in [6.45, 7) is 4.89. The number of benzene rings is 1. The van der Waals surface area contributed by atoms with Crippen molar-refractivity contribution in [2.45, 2.75) is 20.3 Å². The van der Waals surface area contributed by atoms with Gasteiger partial charge in [0.2, 0.25) is 5.91 Å². The molecule has 17 heavy (non-hydrogen) atoms. The monoisotopic (exact) mass is 301 g/mol. The molecule has 0 aromatic heterocycles. The quantitative estimate of drug-likeness (QED) is 0.877. The molecule has 0 aliphatic rings. The van der Waals surface area contributed by atoms with E-state index in [1.807, 2.05) is 13.8 Å². The average molecular weight is 302 g/mol. The third kappa shape index (κ3) is 3.93. The first-order chi connectivity index (χ1) is 8.08. The standard InChI is InChI=1S/C12H16BrNO3/c1-3-16-10-5-8(6-12(14)15)9(13)7-11(10)17-4-2/h5,7H,3-4,6H2,1-2H3,(H2,14,15). The van der Waals surface area contributed by atoms with Crippen LogP contribution in [-0.2, 0) is 11.2 Å². The minimum absolute atomic E-state index is 0.174. The van der Waals surface area contributed by atoms with E-state index in [1.165, 1.54) is 0 Å². The molecule has 1 amide bonds. The van der Waals surface area contributed by atoms with Crippen LogP contribution in [-0.4, -0.2) is 19.1 Å². The number of carbonyl (C=O) groups excluding carboxylic acids is 1. The highest BCUT2D eigenvalue weighted by molar-refractivity contribution is 9.10. The Bertz CT molecular complexity index is 407. The Labute approximate surface area is 109 Å². The summed E-state index contributed by atoms with van der Waals surface area (Å²) in [6.07, 6.45) is 0.174. The SMILES string of the molecule is CCOc1cc(Br)c(CC(N)=O)cc1OCC. The van der Waals surface area contributed by atoms with Crippen molar-refractivity contribution in [1.29, 1.82) is 0 Å². The zero-order valence-electron chi connectivity index (χ0n) is 9.96. The molecule has 0 saturated heterocycles. The van der Waals surface area contributed by atoms with Gasteiger partial charge in [-0.3, -0.25) is 4.79 Å². The average Bonchev–Trinajstić information content (AvgIpc) is 2.24. The van der Waals surface area contributed by atoms with Crippen LogP contribution in [0.2, 0.25) is 0 Å². The second-order valence-electron chi connectivity index (χ2n) is 3.40. The van der Waals surface area contributed by atoms with Crippen LogP contribution >= 0.6 is 15.9 Å². The maximum atomic E-state index is 10.9. The number of halogens is 1. The topological polar surface area (TPSA) is 61.5 Å². The predicted octanol–water partition coefficient (Wildman–Crippen LogP) is 2.27. The first-order valence-corrected chi connectivity index (χ1v) is 6.24. The van der Waals surface area contributed by atoms with Gasteiger partial charge in [-0.1, -0.05) is 15.9 Å². The molecule has 5 heteroatoms. The van der Waals surface area contributed by atoms with Gasteiger partial charge >= 0.3 is 0 Å². The molecule has 94 valence electrons. The zero-order chi connectivity index (χ0) is 12.8. The normalized spacial score (nSPS) is 10.1. The molecule has 2 N–H and O–H groups in total. The van der Waals surface area contributed by atoms with Crippen LogP contribution in [0.4, 0.5) is 0 Å². The smallest absolute Gasteiger partial charge is 0.221 e. The van der Waals surface area contributed by atoms with Gasteiger partial charge in [0.25, 0.3) is 0 Å². The molecule has 0 heterocycles. The summed E-state index contributed by atoms with van der Waals surface area (Å²) in [7, 11) is 0. The first kappa shape index (κ1) is 13.8. The van der Waals surface area contributed by atoms with Crippen molar-refractivity contribution in [3.63, 3.8) is 0 Å². The molecule has 4 nitrogen and oxygen atoms in total. The van der Waals surface area contributed by atoms with Crippen LogP contribution in [0.25, 0.3) is 0 Å². The Morgan fingerprint density at radius 3 is 2.24 bits per heavy atom. The minimum Gasteiger partial charge on any atom is -0.490 e. The van der Waals surface area contributed by atoms with Gasteiger partial charge in [0.15, 0.2) is 11.5 Å². The van der Waals surface area contributed by atoms with Gasteiger partial charge in [0.05, 0.1) is 19.6 Å². The second kappa shape index (κ2) is 6.49. The van der Waals surface area contributed by atoms with Crippen LogP contribution in [0.1, 0.15) is 19.4 Å². The van der Waals surface area contributed by atoms with Crippen LogP contribution < -0.4 is 15.2 Å². The molecule has 1 rings (SSSR count). The number of ether oxygens (including phenoxy) is 2. The summed E-state index contributed by atoms with van der Waals surface area (Å²) in [5, 5.41) is 0. The highest BCUT2D eigenvalue weighted by Crippen LogP contribution is 2.34. The van der Waals surface area contributed by atoms with E-state index in [0.717, 1.165) is 10.0 Å². The fourth-order valence-electron chi connectivity index (χ4n) is 1.44. The molecule has 0 fully saturated rings. The number of hydrogen-bond acceptors (Lipinski definition) is 3. The maximum absolute atomic E-state index is 10.9. The van der Waals surface area contributed by atoms with Gasteiger partial charge in [-0.15, -0.1) is 0 Å². The van der Waals surface area contributed by atoms with Crippen LogP contribution in [0.3, 0.4) is 0 Å². The van der Waals surface area contributed by atoms with E-state index in [2.05, 4.69) is 15.9 Å². The Kier molecular flexibility index (Phi) is 5.28. The molecule has 1 aromatic rings. The van der Waals surface area contributed by atoms with E-state index in [0.29, 0.717) is 24.7 Å². The lowest BCUT2D eigenvalue weighted by Crippen LogP contribution is -2.14. The Hall–Kier alpha value is -1.23. The van der Waals surface area contributed by atoms with Crippen molar-refractivity contribution in [2.75, 3.05) is 13.2 Å². The summed E-state index contributed by atoms with van der Waals surface area (Å²) in [5.74, 6) is 0.917. The molecule has 0 aliphatic heterocycles. The number of rotatable bonds is 6. The Morgan fingerprint density at radius 2 is 1.76 bits per heavy atom. The Morgan fingerprint density at radius 1 is 1.24 bits per heavy atom. The number of nitrogens with two attached hydrogens (primary N) is 1. The highest BCUT2D eigenvalue weighted by Gasteiger charge is 2.12. The number of primary amides is 1. The van der Waals surface area contributed by atoms with Crippen molar-refractivity contribution >= 4 is 21.8 Å². The van der Waals surface area contributed by atoms with Crippen LogP contribution in [0.15, 0.2) is 16.6 Å². The molecule has 0 spiro atoms. The maximum Gasteiger partial charge on any atom is 0.221 e. The van der Waals surface area contributed by atoms with Gasteiger partial charge in [0.1, 0.15) is 0 Å². The molecule has 0 atom stereocenters. The van der Waals surface area contributed by atoms with Crippen molar-refractivity contribution in [3.05, 3.63) is 22.2 Å². The van der Waals surface area contributed by atoms with Crippen molar-refractivity contribution < 1.29 is 14.3 Å². The predicted molar refractivity (Wildman–Crippen MR) is 69.4 cm³/mol. The third-order valence-corrected chi connectivity index (χ3v) is 2.82. The molecule has 0 unspecified atom stereocenters. The number of amides is 1. The minimum atomic E-state index is -0.377. The first-order valence-electron chi connectivity index (χ1n) is 5.44. The lowest BCUT2D eigenvalue weighted by molar-refractivity contribution is -0.117. The van der Waals surface area contributed by atoms with Crippen molar-refractivity contribution in [1.82, 2.24) is 0 Å². The van der Waals surface area contributed by atoms with Crippen LogP contribution in [0, 0.1) is 0 Å². The van der Waals surface area contributed by atoms with E-state index in [-0.39, 0.29) is 12.3 Å². The molecular formula is C12H16BrNO3. The molecule has 0 radical (unpaired) electrons. The second-order valence-corrected chi connectivity index (χ2v) is 4.25. The van der Waals surface area contributed by atoms with Crippen molar-refractivity contribution in [2.24, 2.45) is 5.73 Å². The van der Waals surface area contributed by atoms with Crippen LogP contribution in [0.5, 0.6) is 11.5 Å².